The van der Waals surface area contributed by atoms with Crippen molar-refractivity contribution >= 4 is 11.8 Å². The first-order valence-electron chi connectivity index (χ1n) is 8.65. The Hall–Kier alpha value is -3.08. The molecule has 1 aliphatic heterocycles. The molecule has 0 saturated carbocycles. The van der Waals surface area contributed by atoms with E-state index in [2.05, 4.69) is 6.58 Å². The largest absolute Gasteiger partial charge is 0.490 e. The maximum atomic E-state index is 11.9. The molecule has 1 fully saturated rings. The number of primary amides is 1. The average molecular weight is 350 g/mol. The number of ether oxygens (including phenoxy) is 1. The van der Waals surface area contributed by atoms with Crippen LogP contribution in [0.4, 0.5) is 0 Å². The highest BCUT2D eigenvalue weighted by molar-refractivity contribution is 6.00. The number of nitrogens with zero attached hydrogens (tertiary/aromatic N) is 1. The van der Waals surface area contributed by atoms with E-state index in [1.807, 2.05) is 42.5 Å². The zero-order valence-electron chi connectivity index (χ0n) is 14.6. The third-order valence-electron chi connectivity index (χ3n) is 4.57. The molecule has 5 heteroatoms. The first kappa shape index (κ1) is 17.7. The van der Waals surface area contributed by atoms with E-state index in [-0.39, 0.29) is 12.0 Å². The van der Waals surface area contributed by atoms with Gasteiger partial charge in [-0.3, -0.25) is 9.59 Å². The van der Waals surface area contributed by atoms with Gasteiger partial charge in [-0.15, -0.1) is 0 Å². The second kappa shape index (κ2) is 7.87. The van der Waals surface area contributed by atoms with Gasteiger partial charge in [-0.1, -0.05) is 36.9 Å². The Labute approximate surface area is 153 Å². The van der Waals surface area contributed by atoms with Crippen molar-refractivity contribution in [1.29, 1.82) is 0 Å². The van der Waals surface area contributed by atoms with Gasteiger partial charge in [0.05, 0.1) is 5.56 Å². The second-order valence-corrected chi connectivity index (χ2v) is 6.28. The smallest absolute Gasteiger partial charge is 0.249 e. The summed E-state index contributed by atoms with van der Waals surface area (Å²) in [4.78, 5) is 25.3. The Morgan fingerprint density at radius 3 is 2.42 bits per heavy atom. The van der Waals surface area contributed by atoms with Gasteiger partial charge in [0, 0.05) is 25.9 Å². The van der Waals surface area contributed by atoms with Crippen LogP contribution in [0.5, 0.6) is 5.75 Å². The molecule has 1 aliphatic rings. The minimum atomic E-state index is -0.485. The lowest BCUT2D eigenvalue weighted by atomic mass is 9.99. The number of nitrogens with two attached hydrogens (primary N) is 1. The summed E-state index contributed by atoms with van der Waals surface area (Å²) in [5.41, 5.74) is 7.73. The van der Waals surface area contributed by atoms with Crippen LogP contribution in [0.1, 0.15) is 23.2 Å². The summed E-state index contributed by atoms with van der Waals surface area (Å²) in [6, 6.07) is 15.1. The molecule has 0 aromatic heterocycles. The summed E-state index contributed by atoms with van der Waals surface area (Å²) in [6.45, 7) is 4.79. The maximum absolute atomic E-state index is 11.9. The minimum absolute atomic E-state index is 0.00664. The number of carbonyl (C=O) groups is 2. The van der Waals surface area contributed by atoms with Gasteiger partial charge < -0.3 is 15.4 Å². The monoisotopic (exact) mass is 350 g/mol. The number of benzene rings is 2. The van der Waals surface area contributed by atoms with Crippen LogP contribution < -0.4 is 10.5 Å². The van der Waals surface area contributed by atoms with Gasteiger partial charge in [-0.05, 0) is 35.4 Å². The molecule has 0 bridgehead atoms. The lowest BCUT2D eigenvalue weighted by Gasteiger charge is -2.31. The Morgan fingerprint density at radius 1 is 1.12 bits per heavy atom. The first-order valence-corrected chi connectivity index (χ1v) is 8.65. The van der Waals surface area contributed by atoms with Crippen LogP contribution >= 0.6 is 0 Å². The van der Waals surface area contributed by atoms with Gasteiger partial charge in [0.15, 0.2) is 0 Å². The highest BCUT2D eigenvalue weighted by atomic mass is 16.5. The highest BCUT2D eigenvalue weighted by Crippen LogP contribution is 2.28. The molecule has 3 rings (SSSR count). The van der Waals surface area contributed by atoms with Crippen molar-refractivity contribution in [3.05, 3.63) is 66.7 Å². The van der Waals surface area contributed by atoms with Crippen LogP contribution in [0.3, 0.4) is 0 Å². The molecule has 0 spiro atoms. The van der Waals surface area contributed by atoms with E-state index in [0.717, 1.165) is 24.0 Å². The van der Waals surface area contributed by atoms with Crippen LogP contribution in [0.2, 0.25) is 0 Å². The highest BCUT2D eigenvalue weighted by Gasteiger charge is 2.23. The van der Waals surface area contributed by atoms with Gasteiger partial charge in [0.25, 0.3) is 0 Å². The molecule has 0 radical (unpaired) electrons. The van der Waals surface area contributed by atoms with E-state index in [0.29, 0.717) is 24.4 Å². The van der Waals surface area contributed by atoms with Crippen molar-refractivity contribution in [2.24, 2.45) is 5.73 Å². The fourth-order valence-corrected chi connectivity index (χ4v) is 3.19. The van der Waals surface area contributed by atoms with Crippen LogP contribution in [0.25, 0.3) is 11.1 Å². The van der Waals surface area contributed by atoms with Gasteiger partial charge >= 0.3 is 0 Å². The third kappa shape index (κ3) is 3.94. The molecule has 0 atom stereocenters. The fourth-order valence-electron chi connectivity index (χ4n) is 3.19. The number of carbonyl (C=O) groups excluding carboxylic acids is 2. The van der Waals surface area contributed by atoms with Crippen molar-refractivity contribution in [3.8, 4) is 16.9 Å². The van der Waals surface area contributed by atoms with E-state index in [1.165, 1.54) is 6.08 Å². The minimum Gasteiger partial charge on any atom is -0.490 e. The van der Waals surface area contributed by atoms with Gasteiger partial charge in [0.2, 0.25) is 11.8 Å². The molecular weight excluding hydrogens is 328 g/mol. The number of likely N-dealkylation sites (tertiary alicyclic amines) is 1. The number of hydrogen-bond donors (Lipinski definition) is 1. The van der Waals surface area contributed by atoms with Gasteiger partial charge in [0.1, 0.15) is 11.9 Å². The molecule has 2 N–H and O–H groups in total. The number of amides is 2. The molecular formula is C21H22N2O3. The number of piperidine rings is 1. The molecule has 5 nitrogen and oxygen atoms in total. The van der Waals surface area contributed by atoms with Crippen molar-refractivity contribution in [3.63, 3.8) is 0 Å². The lowest BCUT2D eigenvalue weighted by Crippen LogP contribution is -2.41. The first-order chi connectivity index (χ1) is 12.6. The standard InChI is InChI=1S/C21H22N2O3/c1-2-20(24)23-12-10-16(11-13-23)26-17-8-9-18(19(14-17)21(22)25)15-6-4-3-5-7-15/h2-9,14,16H,1,10-13H2,(H2,22,25). The summed E-state index contributed by atoms with van der Waals surface area (Å²) >= 11 is 0. The van der Waals surface area contributed by atoms with E-state index in [9.17, 15) is 9.59 Å². The van der Waals surface area contributed by atoms with E-state index in [4.69, 9.17) is 10.5 Å². The quantitative estimate of drug-likeness (QED) is 0.843. The topological polar surface area (TPSA) is 72.6 Å². The maximum Gasteiger partial charge on any atom is 0.249 e. The molecule has 0 aliphatic carbocycles. The normalized spacial score (nSPS) is 14.7. The molecule has 2 aromatic rings. The van der Waals surface area contributed by atoms with Crippen molar-refractivity contribution in [2.75, 3.05) is 13.1 Å². The Balaban J connectivity index is 1.74. The van der Waals surface area contributed by atoms with Crippen LogP contribution in [0.15, 0.2) is 61.2 Å². The zero-order chi connectivity index (χ0) is 18.5. The Kier molecular flexibility index (Phi) is 5.37. The fraction of sp³-hybridized carbons (Fsp3) is 0.238. The molecule has 2 amide bonds. The molecule has 1 saturated heterocycles. The molecule has 0 unspecified atom stereocenters. The van der Waals surface area contributed by atoms with Crippen molar-refractivity contribution in [2.45, 2.75) is 18.9 Å². The second-order valence-electron chi connectivity index (χ2n) is 6.28. The summed E-state index contributed by atoms with van der Waals surface area (Å²) in [5, 5.41) is 0. The van der Waals surface area contributed by atoms with Gasteiger partial charge in [-0.25, -0.2) is 0 Å². The zero-order valence-corrected chi connectivity index (χ0v) is 14.6. The summed E-state index contributed by atoms with van der Waals surface area (Å²) in [7, 11) is 0. The average Bonchev–Trinajstić information content (AvgIpc) is 2.68. The van der Waals surface area contributed by atoms with E-state index >= 15 is 0 Å². The molecule has 2 aromatic carbocycles. The molecule has 1 heterocycles. The SMILES string of the molecule is C=CC(=O)N1CCC(Oc2ccc(-c3ccccc3)c(C(N)=O)c2)CC1. The number of rotatable bonds is 5. The Morgan fingerprint density at radius 2 is 1.81 bits per heavy atom. The molecule has 134 valence electrons. The van der Waals surface area contributed by atoms with Crippen LogP contribution in [-0.4, -0.2) is 35.9 Å². The lowest BCUT2D eigenvalue weighted by molar-refractivity contribution is -0.127. The predicted octanol–water partition coefficient (Wildman–Crippen LogP) is 3.01. The summed E-state index contributed by atoms with van der Waals surface area (Å²) < 4.78 is 6.03. The summed E-state index contributed by atoms with van der Waals surface area (Å²) in [5.74, 6) is 0.0827. The van der Waals surface area contributed by atoms with Crippen molar-refractivity contribution < 1.29 is 14.3 Å². The predicted molar refractivity (Wildman–Crippen MR) is 101 cm³/mol. The van der Waals surface area contributed by atoms with Crippen molar-refractivity contribution in [1.82, 2.24) is 4.90 Å². The summed E-state index contributed by atoms with van der Waals surface area (Å²) in [6.07, 6.45) is 2.83. The van der Waals surface area contributed by atoms with Gasteiger partial charge in [-0.2, -0.15) is 0 Å². The van der Waals surface area contributed by atoms with Crippen LogP contribution in [0, 0.1) is 0 Å². The van der Waals surface area contributed by atoms with Crippen LogP contribution in [-0.2, 0) is 4.79 Å². The number of hydrogen-bond acceptors (Lipinski definition) is 3. The molecule has 26 heavy (non-hydrogen) atoms. The Bertz CT molecular complexity index is 809. The third-order valence-corrected chi connectivity index (χ3v) is 4.57. The van der Waals surface area contributed by atoms with E-state index < -0.39 is 5.91 Å². The van der Waals surface area contributed by atoms with E-state index in [1.54, 1.807) is 11.0 Å².